The number of nitrogens with two attached hydrogens (primary N) is 1. The van der Waals surface area contributed by atoms with Gasteiger partial charge in [0.05, 0.1) is 23.7 Å². The first-order valence-corrected chi connectivity index (χ1v) is 8.42. The second-order valence-corrected chi connectivity index (χ2v) is 6.23. The molecule has 7 nitrogen and oxygen atoms in total. The predicted octanol–water partition coefficient (Wildman–Crippen LogP) is 3.34. The minimum absolute atomic E-state index is 0.0450. The van der Waals surface area contributed by atoms with Crippen LogP contribution in [0.3, 0.4) is 0 Å². The van der Waals surface area contributed by atoms with E-state index in [1.54, 1.807) is 0 Å². The molecule has 0 atom stereocenters. The summed E-state index contributed by atoms with van der Waals surface area (Å²) in [4.78, 5) is 15.2. The fourth-order valence-corrected chi connectivity index (χ4v) is 2.56. The zero-order valence-corrected chi connectivity index (χ0v) is 15.2. The molecule has 162 valence electrons. The third-order valence-electron chi connectivity index (χ3n) is 3.82. The fraction of sp³-hybridized carbons (Fsp3) is 0.412. The van der Waals surface area contributed by atoms with Gasteiger partial charge in [0.25, 0.3) is 0 Å². The maximum absolute atomic E-state index is 13.2. The second-order valence-electron chi connectivity index (χ2n) is 6.23. The van der Waals surface area contributed by atoms with E-state index in [1.165, 1.54) is 6.07 Å². The van der Waals surface area contributed by atoms with Gasteiger partial charge in [-0.05, 0) is 24.6 Å². The van der Waals surface area contributed by atoms with Crippen LogP contribution in [0.15, 0.2) is 22.7 Å². The third-order valence-corrected chi connectivity index (χ3v) is 3.82. The molecule has 2 N–H and O–H groups in total. The molecule has 1 heterocycles. The lowest BCUT2D eigenvalue weighted by Crippen LogP contribution is -2.34. The van der Waals surface area contributed by atoms with Gasteiger partial charge < -0.3 is 15.2 Å². The van der Waals surface area contributed by atoms with Crippen LogP contribution in [0.1, 0.15) is 35.7 Å². The van der Waals surface area contributed by atoms with E-state index >= 15 is 0 Å². The number of anilines is 1. The summed E-state index contributed by atoms with van der Waals surface area (Å²) in [7, 11) is 0. The summed E-state index contributed by atoms with van der Waals surface area (Å²) < 4.78 is 83.3. The van der Waals surface area contributed by atoms with E-state index in [-0.39, 0.29) is 31.0 Å². The van der Waals surface area contributed by atoms with Gasteiger partial charge in [-0.2, -0.15) is 36.6 Å². The largest absolute Gasteiger partial charge is 0.417 e. The maximum atomic E-state index is 13.2. The topological polar surface area (TPSA) is 109 Å². The number of nitrogens with zero attached hydrogens (tertiary/aromatic N) is 4. The number of halogens is 6. The van der Waals surface area contributed by atoms with Crippen LogP contribution in [0.2, 0.25) is 0 Å². The quantitative estimate of drug-likeness (QED) is 0.637. The molecule has 0 bridgehead atoms. The van der Waals surface area contributed by atoms with Crippen LogP contribution < -0.4 is 10.6 Å². The van der Waals surface area contributed by atoms with E-state index in [0.29, 0.717) is 11.0 Å². The third kappa shape index (κ3) is 6.64. The van der Waals surface area contributed by atoms with Crippen molar-refractivity contribution in [1.29, 1.82) is 5.26 Å². The van der Waals surface area contributed by atoms with Gasteiger partial charge in [0.2, 0.25) is 11.8 Å². The number of aromatic nitrogens is 2. The summed E-state index contributed by atoms with van der Waals surface area (Å²) in [6.07, 6.45) is -9.17. The molecule has 0 aliphatic carbocycles. The first kappa shape index (κ1) is 23.0. The molecule has 0 aliphatic heterocycles. The van der Waals surface area contributed by atoms with Gasteiger partial charge in [-0.15, -0.1) is 0 Å². The highest BCUT2D eigenvalue weighted by atomic mass is 19.4. The first-order chi connectivity index (χ1) is 13.9. The lowest BCUT2D eigenvalue weighted by molar-refractivity contribution is -0.137. The Morgan fingerprint density at radius 2 is 1.93 bits per heavy atom. The monoisotopic (exact) mass is 435 g/mol. The minimum atomic E-state index is -4.93. The van der Waals surface area contributed by atoms with E-state index in [0.717, 1.165) is 12.1 Å². The van der Waals surface area contributed by atoms with Gasteiger partial charge in [-0.25, -0.2) is 0 Å². The number of amides is 1. The number of nitriles is 1. The molecule has 0 fully saturated rings. The minimum Gasteiger partial charge on any atom is -0.370 e. The molecule has 1 aromatic heterocycles. The molecule has 0 unspecified atom stereocenters. The Morgan fingerprint density at radius 3 is 2.50 bits per heavy atom. The van der Waals surface area contributed by atoms with E-state index in [2.05, 4.69) is 10.1 Å². The zero-order chi connectivity index (χ0) is 22.5. The van der Waals surface area contributed by atoms with Gasteiger partial charge in [-0.3, -0.25) is 4.79 Å². The summed E-state index contributed by atoms with van der Waals surface area (Å²) >= 11 is 0. The van der Waals surface area contributed by atoms with Crippen molar-refractivity contribution in [3.63, 3.8) is 0 Å². The molecular weight excluding hydrogens is 420 g/mol. The Bertz CT molecular complexity index is 932. The summed E-state index contributed by atoms with van der Waals surface area (Å²) in [6.45, 7) is -2.18. The molecule has 30 heavy (non-hydrogen) atoms. The molecule has 2 rings (SSSR count). The average molecular weight is 435 g/mol. The Labute approximate surface area is 166 Å². The number of alkyl halides is 6. The molecule has 0 saturated heterocycles. The van der Waals surface area contributed by atoms with Gasteiger partial charge in [0.15, 0.2) is 5.82 Å². The van der Waals surface area contributed by atoms with E-state index in [4.69, 9.17) is 15.5 Å². The summed E-state index contributed by atoms with van der Waals surface area (Å²) in [5.74, 6) is -0.687. The van der Waals surface area contributed by atoms with Crippen molar-refractivity contribution < 1.29 is 35.7 Å². The molecule has 0 radical (unpaired) electrons. The standard InChI is InChI=1S/C17H15F6N5O2/c18-16(19,20)9-28(8-14-26-15(30-27-14)3-1-2-13(25)29)11-5-4-10(7-24)12(6-11)17(21,22)23/h4-6H,1-3,8-9H2,(H2,25,29). The predicted molar refractivity (Wildman–Crippen MR) is 89.7 cm³/mol. The van der Waals surface area contributed by atoms with E-state index < -0.39 is 48.2 Å². The van der Waals surface area contributed by atoms with Crippen LogP contribution in [0.4, 0.5) is 32.0 Å². The van der Waals surface area contributed by atoms with Crippen molar-refractivity contribution in [2.45, 2.75) is 38.2 Å². The maximum Gasteiger partial charge on any atom is 0.417 e. The molecule has 1 aromatic carbocycles. The van der Waals surface area contributed by atoms with Crippen molar-refractivity contribution >= 4 is 11.6 Å². The molecule has 0 aliphatic rings. The van der Waals surface area contributed by atoms with Crippen molar-refractivity contribution in [1.82, 2.24) is 10.1 Å². The molecular formula is C17H15F6N5O2. The lowest BCUT2D eigenvalue weighted by atomic mass is 10.1. The van der Waals surface area contributed by atoms with Crippen LogP contribution in [-0.4, -0.2) is 28.8 Å². The highest BCUT2D eigenvalue weighted by Crippen LogP contribution is 2.35. The SMILES string of the molecule is N#Cc1ccc(N(Cc2noc(CCCC(N)=O)n2)CC(F)(F)F)cc1C(F)(F)F. The smallest absolute Gasteiger partial charge is 0.370 e. The van der Waals surface area contributed by atoms with E-state index in [9.17, 15) is 31.1 Å². The normalized spacial score (nSPS) is 11.9. The molecule has 0 saturated carbocycles. The van der Waals surface area contributed by atoms with Crippen LogP contribution in [0.25, 0.3) is 0 Å². The van der Waals surface area contributed by atoms with Gasteiger partial charge in [-0.1, -0.05) is 5.16 Å². The first-order valence-electron chi connectivity index (χ1n) is 8.42. The number of rotatable bonds is 8. The van der Waals surface area contributed by atoms with Crippen LogP contribution in [0, 0.1) is 11.3 Å². The molecule has 1 amide bonds. The summed E-state index contributed by atoms with van der Waals surface area (Å²) in [5.41, 5.74) is 2.51. The second kappa shape index (κ2) is 9.02. The number of aryl methyl sites for hydroxylation is 1. The number of carbonyl (C=O) groups excluding carboxylic acids is 1. The highest BCUT2D eigenvalue weighted by Gasteiger charge is 2.36. The number of hydrogen-bond acceptors (Lipinski definition) is 6. The van der Waals surface area contributed by atoms with Crippen molar-refractivity contribution in [3.05, 3.63) is 41.0 Å². The van der Waals surface area contributed by atoms with Crippen LogP contribution >= 0.6 is 0 Å². The van der Waals surface area contributed by atoms with Crippen molar-refractivity contribution in [2.24, 2.45) is 5.73 Å². The van der Waals surface area contributed by atoms with Crippen LogP contribution in [-0.2, 0) is 23.9 Å². The lowest BCUT2D eigenvalue weighted by Gasteiger charge is -2.25. The van der Waals surface area contributed by atoms with Crippen molar-refractivity contribution in [2.75, 3.05) is 11.4 Å². The number of hydrogen-bond donors (Lipinski definition) is 1. The number of primary amides is 1. The van der Waals surface area contributed by atoms with Gasteiger partial charge in [0.1, 0.15) is 6.54 Å². The Hall–Kier alpha value is -3.30. The summed E-state index contributed by atoms with van der Waals surface area (Å²) in [5, 5.41) is 12.4. The van der Waals surface area contributed by atoms with Crippen molar-refractivity contribution in [3.8, 4) is 6.07 Å². The number of carbonyl (C=O) groups is 1. The van der Waals surface area contributed by atoms with Gasteiger partial charge >= 0.3 is 12.4 Å². The number of benzene rings is 1. The Morgan fingerprint density at radius 1 is 1.23 bits per heavy atom. The van der Waals surface area contributed by atoms with Crippen LogP contribution in [0.5, 0.6) is 0 Å². The van der Waals surface area contributed by atoms with E-state index in [1.807, 2.05) is 0 Å². The fourth-order valence-electron chi connectivity index (χ4n) is 2.56. The van der Waals surface area contributed by atoms with Gasteiger partial charge in [0, 0.05) is 18.5 Å². The Kier molecular flexibility index (Phi) is 6.91. The average Bonchev–Trinajstić information content (AvgIpc) is 3.05. The Balaban J connectivity index is 2.29. The molecule has 0 spiro atoms. The zero-order valence-electron chi connectivity index (χ0n) is 15.2. The molecule has 13 heteroatoms. The molecule has 2 aromatic rings. The highest BCUT2D eigenvalue weighted by molar-refractivity contribution is 5.73. The summed E-state index contributed by atoms with van der Waals surface area (Å²) in [6, 6.07) is 3.61.